The zero-order valence-corrected chi connectivity index (χ0v) is 34.3. The molecule has 16 heteroatoms. The Morgan fingerprint density at radius 2 is 1.62 bits per heavy atom. The summed E-state index contributed by atoms with van der Waals surface area (Å²) < 4.78 is 30.1. The van der Waals surface area contributed by atoms with Crippen LogP contribution in [-0.4, -0.2) is 68.0 Å². The normalized spacial score (nSPS) is 17.1. The molecule has 306 valence electrons. The highest BCUT2D eigenvalue weighted by atomic mass is 16.7. The predicted octanol–water partition coefficient (Wildman–Crippen LogP) is 9.25. The molecule has 4 rings (SSSR count). The Labute approximate surface area is 328 Å². The van der Waals surface area contributed by atoms with E-state index in [4.69, 9.17) is 28.8 Å². The molecule has 1 aromatic carbocycles. The first-order chi connectivity index (χ1) is 26.0. The number of nitrogens with one attached hydrogen (secondary N) is 1. The number of alkyl carbamates (subject to hydrolysis) is 1. The third kappa shape index (κ3) is 12.6. The summed E-state index contributed by atoms with van der Waals surface area (Å²) in [5, 5.41) is 18.8. The second-order valence-electron chi connectivity index (χ2n) is 17.0. The highest BCUT2D eigenvalue weighted by Crippen LogP contribution is 2.40. The first-order valence-electron chi connectivity index (χ1n) is 18.8. The van der Waals surface area contributed by atoms with Gasteiger partial charge in [0.15, 0.2) is 0 Å². The van der Waals surface area contributed by atoms with Gasteiger partial charge in [0, 0.05) is 43.0 Å². The average molecular weight is 781 g/mol. The molecule has 3 aromatic rings. The Kier molecular flexibility index (Phi) is 13.7. The van der Waals surface area contributed by atoms with Crippen molar-refractivity contribution in [1.29, 1.82) is 0 Å². The van der Waals surface area contributed by atoms with E-state index in [2.05, 4.69) is 10.3 Å². The lowest BCUT2D eigenvalue weighted by Crippen LogP contribution is -2.38. The third-order valence-electron chi connectivity index (χ3n) is 8.59. The maximum atomic E-state index is 14.1. The summed E-state index contributed by atoms with van der Waals surface area (Å²) in [6.45, 7) is 20.9. The summed E-state index contributed by atoms with van der Waals surface area (Å²) in [6, 6.07) is 10.4. The fourth-order valence-corrected chi connectivity index (χ4v) is 5.97. The Hall–Kier alpha value is -5.25. The lowest BCUT2D eigenvalue weighted by Gasteiger charge is -2.31. The van der Waals surface area contributed by atoms with Crippen molar-refractivity contribution < 1.29 is 43.0 Å². The fourth-order valence-electron chi connectivity index (χ4n) is 5.97. The van der Waals surface area contributed by atoms with Crippen LogP contribution in [0.15, 0.2) is 48.7 Å². The summed E-state index contributed by atoms with van der Waals surface area (Å²) in [4.78, 5) is 55.3. The number of carbonyl (C=O) groups excluding carboxylic acids is 3. The second-order valence-corrected chi connectivity index (χ2v) is 17.0. The van der Waals surface area contributed by atoms with E-state index in [1.165, 1.54) is 29.2 Å². The molecule has 2 heterocycles. The number of carbonyl (C=O) groups is 3. The fraction of sp³-hybridized carbons (Fsp3) is 0.575. The number of non-ortho nitro benzene ring substituents is 1. The topological polar surface area (TPSA) is 186 Å². The number of hydrogen-bond acceptors (Lipinski definition) is 12. The minimum absolute atomic E-state index is 0.0939. The molecule has 1 aliphatic carbocycles. The number of rotatable bonds is 12. The Balaban J connectivity index is 1.53. The van der Waals surface area contributed by atoms with Crippen LogP contribution in [0.1, 0.15) is 125 Å². The van der Waals surface area contributed by atoms with Crippen molar-refractivity contribution in [1.82, 2.24) is 20.1 Å². The Morgan fingerprint density at radius 1 is 0.964 bits per heavy atom. The van der Waals surface area contributed by atoms with Gasteiger partial charge in [-0.2, -0.15) is 5.10 Å². The van der Waals surface area contributed by atoms with E-state index in [-0.39, 0.29) is 23.4 Å². The Bertz CT molecular complexity index is 1840. The molecule has 0 bridgehead atoms. The summed E-state index contributed by atoms with van der Waals surface area (Å²) >= 11 is 0. The highest BCUT2D eigenvalue weighted by Gasteiger charge is 2.36. The standard InChI is InChI=1S/C40H56N6O10/c1-25(42-35(47)55-39(6,7)8)19-21-52-26(2)32-23-29(18-20-41-32)44(36(48)56-40(9,10)11)34-24-33(43-45(34)38(3,4)5)27-12-15-31(22-27)54-37(49)53-30-16-13-28(14-17-30)46(50)51/h13-14,16-18,20,23-27,31H,12,15,19,21-22H2,1-11H3,(H,42,47)/t25-,26-,27-,31+/m0/s1. The number of hydrogen-bond donors (Lipinski definition) is 1. The number of ether oxygens (including phenoxy) is 5. The molecule has 0 unspecified atom stereocenters. The molecular weight excluding hydrogens is 724 g/mol. The molecule has 0 spiro atoms. The van der Waals surface area contributed by atoms with Crippen molar-refractivity contribution in [2.24, 2.45) is 0 Å². The van der Waals surface area contributed by atoms with Crippen molar-refractivity contribution in [2.75, 3.05) is 11.5 Å². The number of anilines is 2. The molecule has 0 radical (unpaired) electrons. The number of nitrogens with zero attached hydrogens (tertiary/aromatic N) is 5. The van der Waals surface area contributed by atoms with Crippen LogP contribution in [0, 0.1) is 10.1 Å². The van der Waals surface area contributed by atoms with Gasteiger partial charge in [0.1, 0.15) is 28.9 Å². The molecule has 56 heavy (non-hydrogen) atoms. The first-order valence-corrected chi connectivity index (χ1v) is 18.8. The van der Waals surface area contributed by atoms with Gasteiger partial charge in [0.2, 0.25) is 0 Å². The summed E-state index contributed by atoms with van der Waals surface area (Å²) in [7, 11) is 0. The zero-order chi connectivity index (χ0) is 41.6. The highest BCUT2D eigenvalue weighted by molar-refractivity contribution is 5.95. The molecular formula is C40H56N6O10. The van der Waals surface area contributed by atoms with E-state index < -0.39 is 52.2 Å². The van der Waals surface area contributed by atoms with Crippen LogP contribution in [0.25, 0.3) is 0 Å². The lowest BCUT2D eigenvalue weighted by atomic mass is 10.0. The van der Waals surface area contributed by atoms with E-state index in [9.17, 15) is 24.5 Å². The van der Waals surface area contributed by atoms with Gasteiger partial charge in [-0.05, 0) is 126 Å². The van der Waals surface area contributed by atoms with Crippen LogP contribution in [0.4, 0.5) is 31.6 Å². The van der Waals surface area contributed by atoms with Crippen LogP contribution in [0.3, 0.4) is 0 Å². The monoisotopic (exact) mass is 780 g/mol. The maximum Gasteiger partial charge on any atom is 0.514 e. The molecule has 1 fully saturated rings. The van der Waals surface area contributed by atoms with E-state index in [0.717, 1.165) is 5.69 Å². The van der Waals surface area contributed by atoms with E-state index in [0.29, 0.717) is 49.5 Å². The quantitative estimate of drug-likeness (QED) is 0.0604. The van der Waals surface area contributed by atoms with Crippen LogP contribution >= 0.6 is 0 Å². The Morgan fingerprint density at radius 3 is 2.23 bits per heavy atom. The van der Waals surface area contributed by atoms with Gasteiger partial charge < -0.3 is 29.0 Å². The summed E-state index contributed by atoms with van der Waals surface area (Å²) in [5.74, 6) is 0.522. The van der Waals surface area contributed by atoms with E-state index >= 15 is 0 Å². The molecule has 16 nitrogen and oxygen atoms in total. The van der Waals surface area contributed by atoms with Crippen molar-refractivity contribution in [2.45, 2.75) is 143 Å². The van der Waals surface area contributed by atoms with Gasteiger partial charge >= 0.3 is 18.3 Å². The minimum Gasteiger partial charge on any atom is -0.444 e. The number of aromatic nitrogens is 3. The van der Waals surface area contributed by atoms with Crippen LogP contribution in [0.5, 0.6) is 5.75 Å². The van der Waals surface area contributed by atoms with Gasteiger partial charge in [-0.25, -0.2) is 24.0 Å². The zero-order valence-electron chi connectivity index (χ0n) is 34.3. The minimum atomic E-state index is -0.903. The molecule has 2 aromatic heterocycles. The molecule has 4 atom stereocenters. The molecule has 1 N–H and O–H groups in total. The molecule has 1 aliphatic rings. The van der Waals surface area contributed by atoms with Gasteiger partial charge in [-0.3, -0.25) is 15.1 Å². The number of amides is 2. The molecule has 0 saturated heterocycles. The van der Waals surface area contributed by atoms with Crippen LogP contribution in [0.2, 0.25) is 0 Å². The van der Waals surface area contributed by atoms with Crippen molar-refractivity contribution in [3.05, 3.63) is 70.2 Å². The number of nitro benzene ring substituents is 1. The number of benzene rings is 1. The average Bonchev–Trinajstić information content (AvgIpc) is 3.71. The van der Waals surface area contributed by atoms with E-state index in [1.807, 2.05) is 40.7 Å². The van der Waals surface area contributed by atoms with Crippen LogP contribution < -0.4 is 15.0 Å². The van der Waals surface area contributed by atoms with Gasteiger partial charge in [0.25, 0.3) is 5.69 Å². The number of pyridine rings is 1. The maximum absolute atomic E-state index is 14.1. The van der Waals surface area contributed by atoms with Crippen molar-refractivity contribution in [3.8, 4) is 5.75 Å². The van der Waals surface area contributed by atoms with Crippen molar-refractivity contribution >= 4 is 35.5 Å². The lowest BCUT2D eigenvalue weighted by molar-refractivity contribution is -0.384. The number of nitro groups is 1. The molecule has 0 aliphatic heterocycles. The molecule has 1 saturated carbocycles. The molecule has 2 amide bonds. The predicted molar refractivity (Wildman–Crippen MR) is 208 cm³/mol. The first kappa shape index (κ1) is 43.5. The largest absolute Gasteiger partial charge is 0.514 e. The van der Waals surface area contributed by atoms with Crippen LogP contribution in [-0.2, 0) is 24.5 Å². The van der Waals surface area contributed by atoms with Crippen molar-refractivity contribution in [3.63, 3.8) is 0 Å². The second kappa shape index (κ2) is 17.7. The third-order valence-corrected chi connectivity index (χ3v) is 8.59. The van der Waals surface area contributed by atoms with Gasteiger partial charge in [0.05, 0.1) is 33.6 Å². The summed E-state index contributed by atoms with van der Waals surface area (Å²) in [5.41, 5.74) is -0.283. The SMILES string of the molecule is C[C@H](OCC[C@H](C)NC(=O)OC(C)(C)C)c1cc(N(C(=O)OC(C)(C)C)c2cc([C@H]3CC[C@@H](OC(=O)Oc4ccc([N+](=O)[O-])cc4)C3)nn2C(C)(C)C)ccn1. The van der Waals surface area contributed by atoms with E-state index in [1.54, 1.807) is 64.6 Å². The van der Waals surface area contributed by atoms with Gasteiger partial charge in [-0.1, -0.05) is 0 Å². The smallest absolute Gasteiger partial charge is 0.444 e. The van der Waals surface area contributed by atoms with Gasteiger partial charge in [-0.15, -0.1) is 0 Å². The summed E-state index contributed by atoms with van der Waals surface area (Å²) in [6.07, 6.45) is 0.960.